The van der Waals surface area contributed by atoms with Gasteiger partial charge in [0.2, 0.25) is 11.7 Å². The summed E-state index contributed by atoms with van der Waals surface area (Å²) in [4.78, 5) is 40.9. The number of carbonyl (C=O) groups excluding carboxylic acids is 2. The summed E-state index contributed by atoms with van der Waals surface area (Å²) in [5.41, 5.74) is 10.3. The zero-order valence-electron chi connectivity index (χ0n) is 15.6. The maximum absolute atomic E-state index is 12.5. The largest absolute Gasteiger partial charge is 0.480 e. The first-order chi connectivity index (χ1) is 13.9. The van der Waals surface area contributed by atoms with Crippen LogP contribution in [0.1, 0.15) is 24.0 Å². The molecule has 1 aromatic carbocycles. The molecular formula is C19H19N5O5. The van der Waals surface area contributed by atoms with Gasteiger partial charge in [-0.25, -0.2) is 4.79 Å². The van der Waals surface area contributed by atoms with E-state index in [-0.39, 0.29) is 19.3 Å². The first-order valence-corrected chi connectivity index (χ1v) is 8.66. The maximum atomic E-state index is 12.5. The van der Waals surface area contributed by atoms with Gasteiger partial charge < -0.3 is 25.7 Å². The molecule has 0 aliphatic heterocycles. The molecule has 2 rings (SSSR count). The van der Waals surface area contributed by atoms with Crippen LogP contribution in [-0.2, 0) is 25.5 Å². The number of ketones is 1. The normalized spacial score (nSPS) is 12.4. The molecule has 2 unspecified atom stereocenters. The number of nitriles is 1. The number of carboxylic acid groups (broad SMARTS) is 1. The molecule has 10 nitrogen and oxygen atoms in total. The third-order valence-corrected chi connectivity index (χ3v) is 4.37. The van der Waals surface area contributed by atoms with E-state index in [1.807, 2.05) is 6.07 Å². The van der Waals surface area contributed by atoms with Gasteiger partial charge in [0, 0.05) is 37.1 Å². The number of methoxy groups -OCH3 is 1. The second-order valence-electron chi connectivity index (χ2n) is 6.26. The Morgan fingerprint density at radius 3 is 2.83 bits per heavy atom. The van der Waals surface area contributed by atoms with Gasteiger partial charge >= 0.3 is 12.2 Å². The molecular weight excluding hydrogens is 378 g/mol. The Balaban J connectivity index is 2.09. The Labute approximate surface area is 165 Å². The predicted molar refractivity (Wildman–Crippen MR) is 101 cm³/mol. The Kier molecular flexibility index (Phi) is 7.37. The van der Waals surface area contributed by atoms with Gasteiger partial charge in [-0.05, 0) is 24.1 Å². The van der Waals surface area contributed by atoms with E-state index >= 15 is 0 Å². The van der Waals surface area contributed by atoms with Crippen LogP contribution >= 0.6 is 0 Å². The quantitative estimate of drug-likeness (QED) is 0.304. The van der Waals surface area contributed by atoms with Crippen LogP contribution < -0.4 is 5.32 Å². The smallest absolute Gasteiger partial charge is 0.326 e. The number of aromatic nitrogens is 1. The summed E-state index contributed by atoms with van der Waals surface area (Å²) in [6, 6.07) is 5.87. The lowest BCUT2D eigenvalue weighted by molar-refractivity contribution is -0.144. The lowest BCUT2D eigenvalue weighted by Crippen LogP contribution is -2.46. The Morgan fingerprint density at radius 2 is 2.21 bits per heavy atom. The fourth-order valence-corrected chi connectivity index (χ4v) is 2.85. The number of H-pyrrole nitrogens is 1. The number of hydrogen-bond acceptors (Lipinski definition) is 5. The van der Waals surface area contributed by atoms with E-state index in [0.717, 1.165) is 16.5 Å². The molecule has 3 N–H and O–H groups in total. The zero-order valence-corrected chi connectivity index (χ0v) is 15.6. The molecule has 29 heavy (non-hydrogen) atoms. The molecule has 1 amide bonds. The fourth-order valence-electron chi connectivity index (χ4n) is 2.85. The zero-order chi connectivity index (χ0) is 21.4. The summed E-state index contributed by atoms with van der Waals surface area (Å²) in [5.74, 6) is -2.49. The average Bonchev–Trinajstić information content (AvgIpc) is 3.10. The third-order valence-electron chi connectivity index (χ3n) is 4.37. The number of carboxylic acids is 1. The third kappa shape index (κ3) is 5.59. The molecule has 0 aliphatic carbocycles. The minimum Gasteiger partial charge on any atom is -0.480 e. The summed E-state index contributed by atoms with van der Waals surface area (Å²) in [6.45, 7) is 0. The van der Waals surface area contributed by atoms with Crippen molar-refractivity contribution < 1.29 is 29.0 Å². The van der Waals surface area contributed by atoms with Crippen molar-refractivity contribution in [2.75, 3.05) is 7.11 Å². The number of nitrogens with zero attached hydrogens (tertiary/aromatic N) is 3. The van der Waals surface area contributed by atoms with E-state index in [9.17, 15) is 19.5 Å². The number of aromatic amines is 1. The van der Waals surface area contributed by atoms with Gasteiger partial charge in [-0.2, -0.15) is 10.1 Å². The van der Waals surface area contributed by atoms with Gasteiger partial charge in [0.25, 0.3) is 0 Å². The van der Waals surface area contributed by atoms with Crippen LogP contribution in [0.5, 0.6) is 0 Å². The van der Waals surface area contributed by atoms with E-state index < -0.39 is 29.8 Å². The number of aliphatic carboxylic acids is 1. The van der Waals surface area contributed by atoms with Gasteiger partial charge in [-0.15, -0.1) is 0 Å². The molecule has 2 atom stereocenters. The minimum atomic E-state index is -1.29. The van der Waals surface area contributed by atoms with Crippen LogP contribution in [0.2, 0.25) is 0 Å². The van der Waals surface area contributed by atoms with E-state index in [0.29, 0.717) is 11.8 Å². The minimum absolute atomic E-state index is 0.160. The van der Waals surface area contributed by atoms with Crippen LogP contribution in [0.3, 0.4) is 0 Å². The summed E-state index contributed by atoms with van der Waals surface area (Å²) < 4.78 is 5.23. The number of fused-ring (bicyclic) bond motifs is 1. The Bertz CT molecular complexity index is 1020. The highest BCUT2D eigenvalue weighted by molar-refractivity contribution is 6.25. The summed E-state index contributed by atoms with van der Waals surface area (Å²) in [5, 5.41) is 21.4. The molecule has 10 heteroatoms. The van der Waals surface area contributed by atoms with E-state index in [4.69, 9.17) is 15.5 Å². The number of amides is 1. The van der Waals surface area contributed by atoms with Crippen LogP contribution in [0.25, 0.3) is 16.4 Å². The first-order valence-electron chi connectivity index (χ1n) is 8.66. The van der Waals surface area contributed by atoms with Crippen molar-refractivity contribution in [3.8, 4) is 6.07 Å². The number of nitrogens with one attached hydrogen (secondary N) is 2. The first kappa shape index (κ1) is 21.5. The number of rotatable bonds is 10. The SMILES string of the molecule is COC(Cc1c[nH]c2cc(C#N)ccc12)C(=O)NC(CCC(=O)C=[N+]=[N-])C(=O)O. The van der Waals surface area contributed by atoms with Crippen molar-refractivity contribution in [1.29, 1.82) is 5.26 Å². The Hall–Kier alpha value is -3.80. The Morgan fingerprint density at radius 1 is 1.45 bits per heavy atom. The van der Waals surface area contributed by atoms with Gasteiger partial charge in [0.05, 0.1) is 11.6 Å². The molecule has 0 bridgehead atoms. The highest BCUT2D eigenvalue weighted by atomic mass is 16.5. The molecule has 1 heterocycles. The molecule has 0 aliphatic rings. The fraction of sp³-hybridized carbons (Fsp3) is 0.316. The number of benzene rings is 1. The standard InChI is InChI=1S/C19H19N5O5/c1-29-17(7-12-9-22-16-6-11(8-20)2-4-14(12)16)18(26)24-15(19(27)28)5-3-13(25)10-23-21/h2,4,6,9-10,15,17,22H,3,5,7H2,1H3,(H,24,26)(H,27,28). The van der Waals surface area contributed by atoms with Crippen LogP contribution in [0, 0.1) is 11.3 Å². The topological polar surface area (TPSA) is 169 Å². The van der Waals surface area contributed by atoms with Crippen molar-refractivity contribution in [2.24, 2.45) is 0 Å². The van der Waals surface area contributed by atoms with Crippen molar-refractivity contribution in [3.63, 3.8) is 0 Å². The summed E-state index contributed by atoms with van der Waals surface area (Å²) in [6.07, 6.45) is 1.23. The molecule has 1 aromatic heterocycles. The highest BCUT2D eigenvalue weighted by Gasteiger charge is 2.26. The van der Waals surface area contributed by atoms with Crippen molar-refractivity contribution in [1.82, 2.24) is 10.3 Å². The van der Waals surface area contributed by atoms with E-state index in [2.05, 4.69) is 15.1 Å². The number of ether oxygens (including phenoxy) is 1. The van der Waals surface area contributed by atoms with Gasteiger partial charge in [-0.3, -0.25) is 9.59 Å². The predicted octanol–water partition coefficient (Wildman–Crippen LogP) is 0.816. The lowest BCUT2D eigenvalue weighted by Gasteiger charge is -2.19. The average molecular weight is 397 g/mol. The van der Waals surface area contributed by atoms with Crippen LogP contribution in [0.4, 0.5) is 0 Å². The van der Waals surface area contributed by atoms with Crippen LogP contribution in [0.15, 0.2) is 24.4 Å². The molecule has 0 saturated heterocycles. The molecule has 2 aromatic rings. The number of carbonyl (C=O) groups is 3. The van der Waals surface area contributed by atoms with E-state index in [1.165, 1.54) is 7.11 Å². The second-order valence-corrected chi connectivity index (χ2v) is 6.26. The van der Waals surface area contributed by atoms with Crippen molar-refractivity contribution in [3.05, 3.63) is 41.1 Å². The van der Waals surface area contributed by atoms with E-state index in [1.54, 1.807) is 24.4 Å². The summed E-state index contributed by atoms with van der Waals surface area (Å²) in [7, 11) is 1.34. The van der Waals surface area contributed by atoms with Gasteiger partial charge in [0.15, 0.2) is 0 Å². The molecule has 0 saturated carbocycles. The number of hydrogen-bond donors (Lipinski definition) is 3. The molecule has 0 fully saturated rings. The lowest BCUT2D eigenvalue weighted by atomic mass is 10.0. The molecule has 0 radical (unpaired) electrons. The summed E-state index contributed by atoms with van der Waals surface area (Å²) >= 11 is 0. The number of Topliss-reactive ketones (excluding diaryl/α,β-unsaturated/α-hetero) is 1. The monoisotopic (exact) mass is 397 g/mol. The molecule has 0 spiro atoms. The second kappa shape index (κ2) is 9.94. The van der Waals surface area contributed by atoms with Gasteiger partial charge in [-0.1, -0.05) is 6.07 Å². The van der Waals surface area contributed by atoms with Gasteiger partial charge in [0.1, 0.15) is 12.1 Å². The van der Waals surface area contributed by atoms with Crippen LogP contribution in [-0.4, -0.2) is 58.0 Å². The van der Waals surface area contributed by atoms with Crippen molar-refractivity contribution >= 4 is 34.8 Å². The van der Waals surface area contributed by atoms with Crippen molar-refractivity contribution in [2.45, 2.75) is 31.4 Å². The maximum Gasteiger partial charge on any atom is 0.326 e. The molecule has 150 valence electrons. The highest BCUT2D eigenvalue weighted by Crippen LogP contribution is 2.21.